The first kappa shape index (κ1) is 12.7. The monoisotopic (exact) mass is 273 g/mol. The number of aromatic amines is 1. The molecule has 1 atom stereocenters. The summed E-state index contributed by atoms with van der Waals surface area (Å²) in [4.78, 5) is 25.2. The summed E-state index contributed by atoms with van der Waals surface area (Å²) >= 11 is 0. The largest absolute Gasteiger partial charge is 0.469 e. The highest BCUT2D eigenvalue weighted by molar-refractivity contribution is 6.00. The number of H-pyrrole nitrogens is 1. The number of hydrogen-bond acceptors (Lipinski definition) is 4. The van der Waals surface area contributed by atoms with Gasteiger partial charge in [0.2, 0.25) is 5.91 Å². The van der Waals surface area contributed by atoms with Crippen molar-refractivity contribution in [2.75, 3.05) is 18.6 Å². The van der Waals surface area contributed by atoms with Crippen molar-refractivity contribution in [2.24, 2.45) is 5.92 Å². The third-order valence-electron chi connectivity index (χ3n) is 3.70. The number of hydrogen-bond donors (Lipinski definition) is 1. The van der Waals surface area contributed by atoms with E-state index in [9.17, 15) is 9.59 Å². The predicted molar refractivity (Wildman–Crippen MR) is 73.3 cm³/mol. The molecule has 0 saturated carbocycles. The Morgan fingerprint density at radius 1 is 1.50 bits per heavy atom. The number of fused-ring (bicyclic) bond motifs is 1. The fraction of sp³-hybridized carbons (Fsp3) is 0.357. The van der Waals surface area contributed by atoms with E-state index in [0.717, 1.165) is 22.3 Å². The maximum Gasteiger partial charge on any atom is 0.311 e. The summed E-state index contributed by atoms with van der Waals surface area (Å²) in [6, 6.07) is 5.67. The van der Waals surface area contributed by atoms with Crippen LogP contribution >= 0.6 is 0 Å². The van der Waals surface area contributed by atoms with Crippen LogP contribution in [0.4, 0.5) is 5.69 Å². The first-order valence-electron chi connectivity index (χ1n) is 6.43. The first-order chi connectivity index (χ1) is 9.60. The number of aryl methyl sites for hydroxylation is 1. The molecule has 104 valence electrons. The van der Waals surface area contributed by atoms with E-state index in [2.05, 4.69) is 10.2 Å². The molecule has 1 aromatic heterocycles. The van der Waals surface area contributed by atoms with Crippen molar-refractivity contribution in [3.8, 4) is 0 Å². The molecule has 6 heteroatoms. The molecule has 1 aliphatic rings. The molecular weight excluding hydrogens is 258 g/mol. The smallest absolute Gasteiger partial charge is 0.311 e. The van der Waals surface area contributed by atoms with E-state index >= 15 is 0 Å². The van der Waals surface area contributed by atoms with Gasteiger partial charge in [0, 0.05) is 29.7 Å². The molecule has 0 spiro atoms. The van der Waals surface area contributed by atoms with Gasteiger partial charge in [0.15, 0.2) is 0 Å². The summed E-state index contributed by atoms with van der Waals surface area (Å²) in [5, 5.41) is 8.14. The number of amides is 1. The van der Waals surface area contributed by atoms with Gasteiger partial charge in [0.1, 0.15) is 0 Å². The minimum absolute atomic E-state index is 0.0630. The topological polar surface area (TPSA) is 75.3 Å². The second-order valence-corrected chi connectivity index (χ2v) is 4.98. The molecule has 0 bridgehead atoms. The zero-order chi connectivity index (χ0) is 14.3. The second-order valence-electron chi connectivity index (χ2n) is 4.98. The van der Waals surface area contributed by atoms with Crippen molar-refractivity contribution in [1.29, 1.82) is 0 Å². The molecule has 1 saturated heterocycles. The van der Waals surface area contributed by atoms with E-state index in [1.807, 2.05) is 25.1 Å². The van der Waals surface area contributed by atoms with Crippen molar-refractivity contribution in [1.82, 2.24) is 10.2 Å². The Hall–Kier alpha value is -2.37. The molecule has 0 aliphatic carbocycles. The zero-order valence-electron chi connectivity index (χ0n) is 11.3. The predicted octanol–water partition coefficient (Wildman–Crippen LogP) is 1.40. The Morgan fingerprint density at radius 3 is 3.05 bits per heavy atom. The second kappa shape index (κ2) is 4.63. The van der Waals surface area contributed by atoms with Gasteiger partial charge in [-0.25, -0.2) is 0 Å². The quantitative estimate of drug-likeness (QED) is 0.839. The van der Waals surface area contributed by atoms with Crippen LogP contribution in [0.15, 0.2) is 18.2 Å². The van der Waals surface area contributed by atoms with E-state index in [1.54, 1.807) is 4.90 Å². The summed E-state index contributed by atoms with van der Waals surface area (Å²) < 4.78 is 4.71. The van der Waals surface area contributed by atoms with E-state index < -0.39 is 0 Å². The van der Waals surface area contributed by atoms with Gasteiger partial charge >= 0.3 is 5.97 Å². The van der Waals surface area contributed by atoms with Crippen molar-refractivity contribution in [2.45, 2.75) is 13.3 Å². The third-order valence-corrected chi connectivity index (χ3v) is 3.70. The first-order valence-corrected chi connectivity index (χ1v) is 6.43. The number of rotatable bonds is 2. The summed E-state index contributed by atoms with van der Waals surface area (Å²) in [5.74, 6) is -0.784. The van der Waals surface area contributed by atoms with E-state index in [-0.39, 0.29) is 24.2 Å². The summed E-state index contributed by atoms with van der Waals surface area (Å²) in [7, 11) is 1.34. The Bertz CT molecular complexity index is 692. The van der Waals surface area contributed by atoms with E-state index in [0.29, 0.717) is 6.54 Å². The fourth-order valence-electron chi connectivity index (χ4n) is 2.58. The molecule has 1 unspecified atom stereocenters. The average Bonchev–Trinajstić information content (AvgIpc) is 3.01. The van der Waals surface area contributed by atoms with Crippen molar-refractivity contribution in [3.05, 3.63) is 23.9 Å². The molecular formula is C14H15N3O3. The summed E-state index contributed by atoms with van der Waals surface area (Å²) in [6.45, 7) is 2.31. The number of aromatic nitrogens is 2. The number of nitrogens with one attached hydrogen (secondary N) is 1. The van der Waals surface area contributed by atoms with Crippen LogP contribution < -0.4 is 4.90 Å². The minimum Gasteiger partial charge on any atom is -0.469 e. The Morgan fingerprint density at radius 2 is 2.30 bits per heavy atom. The van der Waals surface area contributed by atoms with Crippen molar-refractivity contribution >= 4 is 28.5 Å². The number of ether oxygens (including phenoxy) is 1. The van der Waals surface area contributed by atoms with E-state index in [1.165, 1.54) is 7.11 Å². The van der Waals surface area contributed by atoms with Crippen LogP contribution in [0.2, 0.25) is 0 Å². The van der Waals surface area contributed by atoms with Crippen LogP contribution in [-0.2, 0) is 14.3 Å². The van der Waals surface area contributed by atoms with Crippen LogP contribution in [0, 0.1) is 12.8 Å². The average molecular weight is 273 g/mol. The lowest BCUT2D eigenvalue weighted by atomic mass is 10.1. The molecule has 0 radical (unpaired) electrons. The van der Waals surface area contributed by atoms with Gasteiger partial charge in [-0.15, -0.1) is 0 Å². The number of esters is 1. The maximum absolute atomic E-state index is 12.0. The van der Waals surface area contributed by atoms with Gasteiger partial charge in [-0.1, -0.05) is 0 Å². The lowest BCUT2D eigenvalue weighted by Crippen LogP contribution is -2.26. The van der Waals surface area contributed by atoms with Gasteiger partial charge in [-0.3, -0.25) is 14.7 Å². The Labute approximate surface area is 115 Å². The number of anilines is 1. The number of methoxy groups -OCH3 is 1. The van der Waals surface area contributed by atoms with Crippen LogP contribution in [0.5, 0.6) is 0 Å². The lowest BCUT2D eigenvalue weighted by molar-refractivity contribution is -0.145. The Kier molecular flexibility index (Phi) is 2.93. The highest BCUT2D eigenvalue weighted by Crippen LogP contribution is 2.28. The van der Waals surface area contributed by atoms with Crippen LogP contribution in [0.1, 0.15) is 12.1 Å². The highest BCUT2D eigenvalue weighted by Gasteiger charge is 2.35. The molecule has 1 N–H and O–H groups in total. The molecule has 1 aliphatic heterocycles. The van der Waals surface area contributed by atoms with Gasteiger partial charge < -0.3 is 9.64 Å². The van der Waals surface area contributed by atoms with E-state index in [4.69, 9.17) is 4.74 Å². The zero-order valence-corrected chi connectivity index (χ0v) is 11.3. The Balaban J connectivity index is 1.91. The molecule has 1 amide bonds. The molecule has 2 heterocycles. The molecule has 2 aromatic rings. The number of carbonyl (C=O) groups excluding carboxylic acids is 2. The normalized spacial score (nSPS) is 18.8. The molecule has 1 aromatic carbocycles. The van der Waals surface area contributed by atoms with Crippen LogP contribution in [-0.4, -0.2) is 35.7 Å². The minimum atomic E-state index is -0.385. The standard InChI is InChI=1S/C14H15N3O3/c1-8-11-4-3-10(6-12(11)16-15-8)17-7-9(5-13(17)18)14(19)20-2/h3-4,6,9H,5,7H2,1-2H3,(H,15,16). The molecule has 6 nitrogen and oxygen atoms in total. The lowest BCUT2D eigenvalue weighted by Gasteiger charge is -2.16. The molecule has 3 rings (SSSR count). The number of carbonyl (C=O) groups is 2. The van der Waals surface area contributed by atoms with Gasteiger partial charge in [0.25, 0.3) is 0 Å². The van der Waals surface area contributed by atoms with Crippen molar-refractivity contribution in [3.63, 3.8) is 0 Å². The highest BCUT2D eigenvalue weighted by atomic mass is 16.5. The number of nitrogens with zero attached hydrogens (tertiary/aromatic N) is 2. The summed E-state index contributed by atoms with van der Waals surface area (Å²) in [5.41, 5.74) is 2.57. The third kappa shape index (κ3) is 1.93. The van der Waals surface area contributed by atoms with Gasteiger partial charge in [-0.2, -0.15) is 5.10 Å². The fourth-order valence-corrected chi connectivity index (χ4v) is 2.58. The molecule has 1 fully saturated rings. The van der Waals surface area contributed by atoms with Crippen LogP contribution in [0.25, 0.3) is 10.9 Å². The number of benzene rings is 1. The van der Waals surface area contributed by atoms with Gasteiger partial charge in [-0.05, 0) is 25.1 Å². The van der Waals surface area contributed by atoms with Crippen molar-refractivity contribution < 1.29 is 14.3 Å². The molecule has 20 heavy (non-hydrogen) atoms. The van der Waals surface area contributed by atoms with Gasteiger partial charge in [0.05, 0.1) is 18.5 Å². The summed E-state index contributed by atoms with van der Waals surface area (Å²) in [6.07, 6.45) is 0.199. The van der Waals surface area contributed by atoms with Crippen LogP contribution in [0.3, 0.4) is 0 Å². The maximum atomic E-state index is 12.0. The SMILES string of the molecule is COC(=O)C1CC(=O)N(c2ccc3c(C)[nH]nc3c2)C1.